The third-order valence-electron chi connectivity index (χ3n) is 5.92. The lowest BCUT2D eigenvalue weighted by Gasteiger charge is -2.30. The fourth-order valence-electron chi connectivity index (χ4n) is 4.47. The number of aryl methyl sites for hydroxylation is 1. The highest BCUT2D eigenvalue weighted by atomic mass is 32.1. The molecule has 0 spiro atoms. The van der Waals surface area contributed by atoms with Crippen LogP contribution in [-0.4, -0.2) is 38.2 Å². The largest absolute Gasteiger partial charge is 0.308 e. The van der Waals surface area contributed by atoms with E-state index in [-0.39, 0.29) is 11.1 Å². The van der Waals surface area contributed by atoms with E-state index in [4.69, 9.17) is 4.98 Å². The van der Waals surface area contributed by atoms with Crippen molar-refractivity contribution in [2.24, 2.45) is 0 Å². The first-order valence-electron chi connectivity index (χ1n) is 8.36. The molecule has 2 bridgehead atoms. The SMILES string of the molecule is Cc1[nH]ncc1-c1cc2nc(C34CCC(CC3)N4C)[nH]c(=O)c2s1. The third-order valence-corrected chi connectivity index (χ3v) is 7.08. The van der Waals surface area contributed by atoms with Crippen LogP contribution in [-0.2, 0) is 5.54 Å². The van der Waals surface area contributed by atoms with Gasteiger partial charge >= 0.3 is 0 Å². The number of aromatic amines is 2. The van der Waals surface area contributed by atoms with Gasteiger partial charge in [-0.2, -0.15) is 5.10 Å². The zero-order valence-electron chi connectivity index (χ0n) is 13.7. The maximum atomic E-state index is 12.7. The number of nitrogens with zero attached hydrogens (tertiary/aromatic N) is 3. The maximum Gasteiger partial charge on any atom is 0.268 e. The fourth-order valence-corrected chi connectivity index (χ4v) is 5.52. The predicted octanol–water partition coefficient (Wildman–Crippen LogP) is 2.77. The Bertz CT molecular complexity index is 992. The molecule has 3 aromatic heterocycles. The van der Waals surface area contributed by atoms with Crippen LogP contribution in [0.4, 0.5) is 0 Å². The fraction of sp³-hybridized carbons (Fsp3) is 0.471. The Morgan fingerprint density at radius 3 is 2.79 bits per heavy atom. The smallest absolute Gasteiger partial charge is 0.268 e. The molecule has 0 atom stereocenters. The topological polar surface area (TPSA) is 77.7 Å². The Morgan fingerprint density at radius 1 is 1.38 bits per heavy atom. The van der Waals surface area contributed by atoms with Crippen molar-refractivity contribution in [2.45, 2.75) is 44.2 Å². The predicted molar refractivity (Wildman–Crippen MR) is 94.3 cm³/mol. The molecule has 7 heteroatoms. The third kappa shape index (κ3) is 1.76. The molecule has 5 heterocycles. The molecule has 0 radical (unpaired) electrons. The molecule has 6 nitrogen and oxygen atoms in total. The van der Waals surface area contributed by atoms with E-state index in [1.807, 2.05) is 13.0 Å². The summed E-state index contributed by atoms with van der Waals surface area (Å²) in [7, 11) is 2.17. The number of thiophene rings is 1. The quantitative estimate of drug-likeness (QED) is 0.751. The van der Waals surface area contributed by atoms with Gasteiger partial charge in [0.2, 0.25) is 0 Å². The molecule has 2 fully saturated rings. The molecule has 3 aromatic rings. The van der Waals surface area contributed by atoms with Gasteiger partial charge in [0.15, 0.2) is 0 Å². The minimum atomic E-state index is -0.0777. The monoisotopic (exact) mass is 341 g/mol. The molecule has 2 aliphatic heterocycles. The highest BCUT2D eigenvalue weighted by Crippen LogP contribution is 2.50. The Kier molecular flexibility index (Phi) is 2.85. The van der Waals surface area contributed by atoms with Crippen LogP contribution in [0.15, 0.2) is 17.1 Å². The van der Waals surface area contributed by atoms with Crippen molar-refractivity contribution in [1.29, 1.82) is 0 Å². The Labute approximate surface area is 142 Å². The lowest BCUT2D eigenvalue weighted by atomic mass is 9.87. The molecule has 0 saturated carbocycles. The molecule has 124 valence electrons. The van der Waals surface area contributed by atoms with Crippen molar-refractivity contribution in [3.63, 3.8) is 0 Å². The minimum Gasteiger partial charge on any atom is -0.308 e. The van der Waals surface area contributed by atoms with Gasteiger partial charge in [-0.15, -0.1) is 11.3 Å². The maximum absolute atomic E-state index is 12.7. The number of fused-ring (bicyclic) bond motifs is 3. The molecule has 24 heavy (non-hydrogen) atoms. The first kappa shape index (κ1) is 14.4. The molecular formula is C17H19N5OS. The average Bonchev–Trinajstić information content (AvgIpc) is 3.31. The zero-order chi connectivity index (χ0) is 16.5. The molecule has 2 N–H and O–H groups in total. The second kappa shape index (κ2) is 4.77. The van der Waals surface area contributed by atoms with Gasteiger partial charge in [0.25, 0.3) is 5.56 Å². The van der Waals surface area contributed by atoms with E-state index in [0.717, 1.165) is 40.3 Å². The molecule has 0 unspecified atom stereocenters. The van der Waals surface area contributed by atoms with Crippen LogP contribution in [0.2, 0.25) is 0 Å². The standard InChI is InChI=1S/C17H19N5OS/c1-9-11(8-18-21-9)13-7-12-14(24-13)15(23)20-16(19-12)17-5-3-10(4-6-17)22(17)2/h7-8,10H,3-6H2,1-2H3,(H,18,21)(H,19,20,23). The number of rotatable bonds is 2. The van der Waals surface area contributed by atoms with Crippen molar-refractivity contribution in [2.75, 3.05) is 7.05 Å². The average molecular weight is 341 g/mol. The molecule has 0 aromatic carbocycles. The highest BCUT2D eigenvalue weighted by molar-refractivity contribution is 7.22. The molecule has 0 amide bonds. The van der Waals surface area contributed by atoms with Crippen LogP contribution >= 0.6 is 11.3 Å². The van der Waals surface area contributed by atoms with Gasteiger partial charge in [-0.1, -0.05) is 0 Å². The van der Waals surface area contributed by atoms with Gasteiger partial charge in [-0.25, -0.2) is 4.98 Å². The summed E-state index contributed by atoms with van der Waals surface area (Å²) in [6.07, 6.45) is 6.36. The van der Waals surface area contributed by atoms with Gasteiger partial charge in [0, 0.05) is 22.2 Å². The van der Waals surface area contributed by atoms with E-state index in [1.54, 1.807) is 6.20 Å². The van der Waals surface area contributed by atoms with E-state index in [1.165, 1.54) is 24.2 Å². The summed E-state index contributed by atoms with van der Waals surface area (Å²) in [5.74, 6) is 0.843. The second-order valence-electron chi connectivity index (χ2n) is 7.02. The first-order chi connectivity index (χ1) is 11.6. The van der Waals surface area contributed by atoms with Gasteiger partial charge in [-0.3, -0.25) is 14.8 Å². The number of aromatic nitrogens is 4. The van der Waals surface area contributed by atoms with Gasteiger partial charge < -0.3 is 4.98 Å². The highest BCUT2D eigenvalue weighted by Gasteiger charge is 2.52. The number of H-pyrrole nitrogens is 2. The van der Waals surface area contributed by atoms with E-state index in [9.17, 15) is 4.79 Å². The van der Waals surface area contributed by atoms with Crippen LogP contribution < -0.4 is 5.56 Å². The Morgan fingerprint density at radius 2 is 2.17 bits per heavy atom. The van der Waals surface area contributed by atoms with Crippen LogP contribution in [0.1, 0.15) is 37.2 Å². The van der Waals surface area contributed by atoms with Crippen molar-refractivity contribution in [3.05, 3.63) is 34.1 Å². The molecule has 2 saturated heterocycles. The summed E-state index contributed by atoms with van der Waals surface area (Å²) in [6.45, 7) is 1.99. The summed E-state index contributed by atoms with van der Waals surface area (Å²) in [4.78, 5) is 24.1. The summed E-state index contributed by atoms with van der Waals surface area (Å²) < 4.78 is 0.695. The van der Waals surface area contributed by atoms with Crippen molar-refractivity contribution < 1.29 is 0 Å². The second-order valence-corrected chi connectivity index (χ2v) is 8.07. The van der Waals surface area contributed by atoms with Crippen LogP contribution in [0, 0.1) is 6.92 Å². The summed E-state index contributed by atoms with van der Waals surface area (Å²) in [5, 5.41) is 7.03. The number of hydrogen-bond donors (Lipinski definition) is 2. The van der Waals surface area contributed by atoms with Gasteiger partial charge in [-0.05, 0) is 45.7 Å². The number of hydrogen-bond acceptors (Lipinski definition) is 5. The van der Waals surface area contributed by atoms with Gasteiger partial charge in [0.05, 0.1) is 17.3 Å². The first-order valence-corrected chi connectivity index (χ1v) is 9.18. The lowest BCUT2D eigenvalue weighted by Crippen LogP contribution is -2.38. The van der Waals surface area contributed by atoms with Gasteiger partial charge in [0.1, 0.15) is 10.5 Å². The normalized spacial score (nSPS) is 26.7. The summed E-state index contributed by atoms with van der Waals surface area (Å²) in [5.41, 5.74) is 2.74. The molecular weight excluding hydrogens is 322 g/mol. The number of nitrogens with one attached hydrogen (secondary N) is 2. The van der Waals surface area contributed by atoms with Crippen LogP contribution in [0.25, 0.3) is 20.7 Å². The Hall–Kier alpha value is -1.99. The molecule has 0 aliphatic carbocycles. The zero-order valence-corrected chi connectivity index (χ0v) is 14.5. The molecule has 5 rings (SSSR count). The van der Waals surface area contributed by atoms with E-state index >= 15 is 0 Å². The van der Waals surface area contributed by atoms with Crippen LogP contribution in [0.3, 0.4) is 0 Å². The minimum absolute atomic E-state index is 0.0227. The Balaban J connectivity index is 1.68. The molecule has 2 aliphatic rings. The summed E-state index contributed by atoms with van der Waals surface area (Å²) in [6, 6.07) is 2.66. The van der Waals surface area contributed by atoms with Crippen molar-refractivity contribution >= 4 is 21.6 Å². The van der Waals surface area contributed by atoms with E-state index in [2.05, 4.69) is 27.1 Å². The van der Waals surface area contributed by atoms with E-state index in [0.29, 0.717) is 10.7 Å². The van der Waals surface area contributed by atoms with Crippen LogP contribution in [0.5, 0.6) is 0 Å². The van der Waals surface area contributed by atoms with Crippen molar-refractivity contribution in [1.82, 2.24) is 25.1 Å². The van der Waals surface area contributed by atoms with Crippen molar-refractivity contribution in [3.8, 4) is 10.4 Å². The lowest BCUT2D eigenvalue weighted by molar-refractivity contribution is 0.184. The van der Waals surface area contributed by atoms with E-state index < -0.39 is 0 Å². The summed E-state index contributed by atoms with van der Waals surface area (Å²) >= 11 is 1.48.